The Bertz CT molecular complexity index is 4030. The lowest BCUT2D eigenvalue weighted by Crippen LogP contribution is -2.63. The average molecular weight is 1430 g/mol. The molecule has 0 aliphatic carbocycles. The van der Waals surface area contributed by atoms with Crippen LogP contribution in [0.1, 0.15) is 106 Å². The summed E-state index contributed by atoms with van der Waals surface area (Å²) in [6.45, 7) is 7.59. The van der Waals surface area contributed by atoms with Gasteiger partial charge in [-0.25, -0.2) is 4.79 Å². The Morgan fingerprint density at radius 1 is 0.750 bits per heavy atom. The molecular weight excluding hydrogens is 1350 g/mol. The first-order chi connectivity index (χ1) is 47.2. The van der Waals surface area contributed by atoms with Crippen LogP contribution < -0.4 is 62.9 Å². The van der Waals surface area contributed by atoms with E-state index in [4.69, 9.17) is 63.1 Å². The predicted octanol–water partition coefficient (Wildman–Crippen LogP) is 1.89. The van der Waals surface area contributed by atoms with Crippen LogP contribution >= 0.6 is 23.2 Å². The van der Waals surface area contributed by atoms with Gasteiger partial charge >= 0.3 is 5.97 Å². The van der Waals surface area contributed by atoms with E-state index < -0.39 is 221 Å². The number of carbonyl (C=O) groups excluding carboxylic acids is 7. The Balaban J connectivity index is 1.23. The largest absolute Gasteiger partial charge is 0.508 e. The highest BCUT2D eigenvalue weighted by atomic mass is 35.5. The van der Waals surface area contributed by atoms with Gasteiger partial charge in [0.15, 0.2) is 23.8 Å². The molecule has 0 aromatic heterocycles. The molecule has 1 unspecified atom stereocenters. The zero-order valence-electron chi connectivity index (χ0n) is 54.6. The topological polar surface area (TPSA) is 490 Å². The molecule has 7 aliphatic heterocycles. The van der Waals surface area contributed by atoms with Crippen molar-refractivity contribution < 1.29 is 108 Å². The van der Waals surface area contributed by atoms with Gasteiger partial charge in [-0.3, -0.25) is 33.6 Å². The van der Waals surface area contributed by atoms with E-state index in [9.17, 15) is 64.8 Å². The highest BCUT2D eigenvalue weighted by molar-refractivity contribution is 6.32. The number of carboxylic acids is 1. The number of rotatable bonds is 13. The number of hydrogen-bond donors (Lipinski definition) is 17. The number of aliphatic hydroxyl groups is 4. The summed E-state index contributed by atoms with van der Waals surface area (Å²) in [5, 5.41) is 108. The second-order valence-electron chi connectivity index (χ2n) is 26.0. The van der Waals surface area contributed by atoms with Crippen LogP contribution in [0.25, 0.3) is 11.1 Å². The average Bonchev–Trinajstić information content (AvgIpc) is 0.774. The first kappa shape index (κ1) is 73.6. The number of fused-ring (bicyclic) bond motifs is 15. The minimum Gasteiger partial charge on any atom is -0.508 e. The number of aliphatic carboxylic acids is 1. The molecule has 0 radical (unpaired) electrons. The van der Waals surface area contributed by atoms with Crippen molar-refractivity contribution in [3.05, 3.63) is 117 Å². The number of phenolic OH excluding ortho intramolecular Hbond substituents is 3. The highest BCUT2D eigenvalue weighted by Gasteiger charge is 2.50. The molecule has 2 saturated heterocycles. The van der Waals surface area contributed by atoms with E-state index in [0.717, 1.165) is 42.5 Å². The van der Waals surface area contributed by atoms with Gasteiger partial charge in [0.25, 0.3) is 0 Å². The molecule has 12 rings (SSSR count). The molecule has 7 amide bonds. The van der Waals surface area contributed by atoms with E-state index in [1.165, 1.54) is 43.4 Å². The summed E-state index contributed by atoms with van der Waals surface area (Å²) in [6.07, 6.45) is -12.7. The van der Waals surface area contributed by atoms with Crippen molar-refractivity contribution in [1.29, 1.82) is 0 Å². The van der Waals surface area contributed by atoms with Crippen LogP contribution in [-0.4, -0.2) is 175 Å². The number of amides is 7. The number of hydrogen-bond acceptors (Lipinski definition) is 23. The van der Waals surface area contributed by atoms with Crippen molar-refractivity contribution in [2.45, 2.75) is 157 Å². The fourth-order valence-corrected chi connectivity index (χ4v) is 13.2. The monoisotopic (exact) mass is 1430 g/mol. The maximum atomic E-state index is 16.0. The molecule has 19 N–H and O–H groups in total. The van der Waals surface area contributed by atoms with Gasteiger partial charge in [0.1, 0.15) is 77.3 Å². The molecule has 7 heterocycles. The fraction of sp³-hybridized carbons (Fsp3) is 0.433. The number of carboxylic acid groups (broad SMARTS) is 1. The number of halogens is 2. The number of aliphatic hydroxyl groups excluding tert-OH is 4. The van der Waals surface area contributed by atoms with Crippen molar-refractivity contribution in [3.63, 3.8) is 0 Å². The van der Waals surface area contributed by atoms with E-state index in [2.05, 4.69) is 37.2 Å². The number of primary amides is 1. The molecule has 536 valence electrons. The third-order valence-electron chi connectivity index (χ3n) is 18.0. The number of carbonyl (C=O) groups is 8. The zero-order chi connectivity index (χ0) is 72.7. The fourth-order valence-electron chi connectivity index (χ4n) is 12.7. The molecular formula is C67H77Cl2N9O22. The number of nitrogens with one attached hydrogen (secondary N) is 7. The third kappa shape index (κ3) is 15.7. The second-order valence-corrected chi connectivity index (χ2v) is 26.8. The van der Waals surface area contributed by atoms with E-state index in [1.54, 1.807) is 20.8 Å². The van der Waals surface area contributed by atoms with Gasteiger partial charge in [-0.05, 0) is 110 Å². The normalized spacial score (nSPS) is 28.9. The van der Waals surface area contributed by atoms with Gasteiger partial charge in [-0.1, -0.05) is 62.2 Å². The first-order valence-corrected chi connectivity index (χ1v) is 32.6. The lowest BCUT2D eigenvalue weighted by molar-refractivity contribution is -0.323. The quantitative estimate of drug-likeness (QED) is 0.0800. The molecule has 0 spiro atoms. The summed E-state index contributed by atoms with van der Waals surface area (Å²) in [5.41, 5.74) is 9.15. The smallest absolute Gasteiger partial charge is 0.330 e. The van der Waals surface area contributed by atoms with Crippen LogP contribution in [0, 0.1) is 11.8 Å². The van der Waals surface area contributed by atoms with E-state index >= 15 is 14.4 Å². The third-order valence-corrected chi connectivity index (χ3v) is 18.6. The Morgan fingerprint density at radius 3 is 2.01 bits per heavy atom. The Hall–Kier alpha value is -9.12. The van der Waals surface area contributed by atoms with Crippen molar-refractivity contribution in [3.8, 4) is 57.1 Å². The molecule has 2 fully saturated rings. The van der Waals surface area contributed by atoms with Crippen molar-refractivity contribution in [1.82, 2.24) is 37.2 Å². The number of benzene rings is 5. The second kappa shape index (κ2) is 30.0. The molecule has 11 bridgehead atoms. The van der Waals surface area contributed by atoms with Gasteiger partial charge in [-0.15, -0.1) is 0 Å². The summed E-state index contributed by atoms with van der Waals surface area (Å²) in [6, 6.07) is 1.74. The number of likely N-dealkylation sites (N-methyl/N-ethyl adjacent to an activating group) is 1. The minimum absolute atomic E-state index is 0.0752. The molecule has 0 saturated carbocycles. The Kier molecular flexibility index (Phi) is 22.1. The predicted molar refractivity (Wildman–Crippen MR) is 351 cm³/mol. The number of ether oxygens (including phenoxy) is 6. The molecule has 5 aromatic carbocycles. The van der Waals surface area contributed by atoms with Crippen LogP contribution in [0.5, 0.6) is 46.0 Å². The molecule has 31 nitrogen and oxygen atoms in total. The molecule has 7 aliphatic rings. The van der Waals surface area contributed by atoms with Gasteiger partial charge in [0, 0.05) is 47.1 Å². The standard InChI is InChI=1S/C67H77Cl2N9O22/c1-25(2)13-37(72-6)59(87)78-53-55(85)30-9-12-43(36(69)17-30)97-45-19-31-18-44(57(45)100-66-56(26(3)54(84)46(24-79)98-66)99-48-23-67(5,71)58(86)27(4)95-48)96-42-11-7-28(14-35(42)68)15-38-60(88)77-52(65(93)94)34-20-32(80)21-41(82)49(34)33-16-29(8-10-40(33)81)50(62(90)73-38)76-63(91)51(31)75-61(89)39(22-47(70)83)74-64(53)92/h7-12,14,16-21,25-27,37-39,46,48,50-56,58,66,72,79-82,84-86H,13,15,22-24,71H2,1-6H3,(H2,70,83)(H,73,90)(H,74,92)(H,75,89)(H,76,91)(H,77,88)(H,78,87)(H,93,94)/t26-,27-,37+,38-,39-,46+,48-,50+,51+,52-,53+,54-,55+,56?,58+,66-,67-/m0/s1. The zero-order valence-corrected chi connectivity index (χ0v) is 56.1. The summed E-state index contributed by atoms with van der Waals surface area (Å²) in [7, 11) is 1.49. The van der Waals surface area contributed by atoms with E-state index in [1.807, 2.05) is 13.8 Å². The number of phenols is 3. The molecule has 17 atom stereocenters. The molecule has 5 aromatic rings. The number of aromatic hydroxyl groups is 3. The maximum Gasteiger partial charge on any atom is 0.330 e. The van der Waals surface area contributed by atoms with Crippen LogP contribution in [0.3, 0.4) is 0 Å². The van der Waals surface area contributed by atoms with Gasteiger partial charge in [0.05, 0.1) is 47.4 Å². The van der Waals surface area contributed by atoms with Crippen LogP contribution in [0.15, 0.2) is 78.9 Å². The maximum absolute atomic E-state index is 16.0. The van der Waals surface area contributed by atoms with Crippen molar-refractivity contribution >= 4 is 70.5 Å². The summed E-state index contributed by atoms with van der Waals surface area (Å²) < 4.78 is 39.2. The van der Waals surface area contributed by atoms with Gasteiger partial charge < -0.3 is 118 Å². The lowest BCUT2D eigenvalue weighted by Gasteiger charge is -2.47. The lowest BCUT2D eigenvalue weighted by atomic mass is 9.86. The Morgan fingerprint density at radius 2 is 1.39 bits per heavy atom. The van der Waals surface area contributed by atoms with Crippen molar-refractivity contribution in [2.75, 3.05) is 13.7 Å². The van der Waals surface area contributed by atoms with E-state index in [-0.39, 0.29) is 62.6 Å². The summed E-state index contributed by atoms with van der Waals surface area (Å²) in [5.74, 6) is -15.3. The van der Waals surface area contributed by atoms with Gasteiger partial charge in [-0.2, -0.15) is 0 Å². The summed E-state index contributed by atoms with van der Waals surface area (Å²) in [4.78, 5) is 117. The van der Waals surface area contributed by atoms with Gasteiger partial charge in [0.2, 0.25) is 53.4 Å². The van der Waals surface area contributed by atoms with Crippen molar-refractivity contribution in [2.24, 2.45) is 23.3 Å². The van der Waals surface area contributed by atoms with Crippen LogP contribution in [0.4, 0.5) is 0 Å². The number of nitrogens with two attached hydrogens (primary N) is 2. The molecule has 100 heavy (non-hydrogen) atoms. The highest BCUT2D eigenvalue weighted by Crippen LogP contribution is 2.50. The Labute approximate surface area is 581 Å². The first-order valence-electron chi connectivity index (χ1n) is 31.8. The molecule has 33 heteroatoms. The summed E-state index contributed by atoms with van der Waals surface area (Å²) >= 11 is 14.2. The van der Waals surface area contributed by atoms with Crippen LogP contribution in [0.2, 0.25) is 10.0 Å². The SMILES string of the molecule is CN[C@H](CC(C)C)C(=O)N[C@H]1C(=O)N[C@@H](CC(N)=O)C(=O)N[C@H]2C(=O)N[C@H]3C(=O)N[C@@H](Cc4ccc(c(Cl)c4)Oc4cc2cc(c4O[C@@H]2O[C@H](CO)[C@@H](O)[C@H](C)C2O[C@H]2C[C@](C)(N)[C@H](O)[C@H](C)O2)Oc2ccc(cc2Cl)[C@H]1O)C(=O)N[C@H](C(=O)O)c1cc(O)cc(O)c1-c1cc3ccc1O. The van der Waals surface area contributed by atoms with Crippen LogP contribution in [-0.2, 0) is 59.0 Å². The minimum atomic E-state index is -2.25. The van der Waals surface area contributed by atoms with E-state index in [0.29, 0.717) is 0 Å².